The van der Waals surface area contributed by atoms with Crippen LogP contribution in [-0.4, -0.2) is 66.0 Å². The van der Waals surface area contributed by atoms with Gasteiger partial charge in [0.05, 0.1) is 12.1 Å². The Kier molecular flexibility index (Phi) is 5.93. The normalized spacial score (nSPS) is 18.2. The Bertz CT molecular complexity index is 301. The SMILES string of the molecule is CCC(C#N)N1CCN(C(=O)N(CC)CC)CC1. The van der Waals surface area contributed by atoms with Crippen LogP contribution >= 0.6 is 0 Å². The van der Waals surface area contributed by atoms with Crippen molar-refractivity contribution in [3.8, 4) is 6.07 Å². The summed E-state index contributed by atoms with van der Waals surface area (Å²) in [6.07, 6.45) is 0.848. The Morgan fingerprint density at radius 3 is 2.17 bits per heavy atom. The highest BCUT2D eigenvalue weighted by Gasteiger charge is 2.26. The van der Waals surface area contributed by atoms with E-state index in [0.717, 1.165) is 45.7 Å². The predicted molar refractivity (Wildman–Crippen MR) is 71.2 cm³/mol. The zero-order valence-electron chi connectivity index (χ0n) is 11.7. The molecule has 1 unspecified atom stereocenters. The third-order valence-electron chi connectivity index (χ3n) is 3.60. The van der Waals surface area contributed by atoms with E-state index in [4.69, 9.17) is 5.26 Å². The van der Waals surface area contributed by atoms with Crippen LogP contribution in [0.2, 0.25) is 0 Å². The average Bonchev–Trinajstić information content (AvgIpc) is 2.42. The van der Waals surface area contributed by atoms with Gasteiger partial charge in [0.2, 0.25) is 0 Å². The molecule has 0 aromatic rings. The minimum Gasteiger partial charge on any atom is -0.325 e. The van der Waals surface area contributed by atoms with E-state index in [9.17, 15) is 4.79 Å². The Morgan fingerprint density at radius 1 is 1.22 bits per heavy atom. The van der Waals surface area contributed by atoms with E-state index in [-0.39, 0.29) is 12.1 Å². The molecule has 0 aliphatic carbocycles. The van der Waals surface area contributed by atoms with Crippen molar-refractivity contribution in [2.45, 2.75) is 33.2 Å². The first-order valence-electron chi connectivity index (χ1n) is 6.85. The van der Waals surface area contributed by atoms with Crippen LogP contribution in [0.4, 0.5) is 4.79 Å². The van der Waals surface area contributed by atoms with Gasteiger partial charge in [-0.05, 0) is 20.3 Å². The molecule has 1 rings (SSSR count). The highest BCUT2D eigenvalue weighted by Crippen LogP contribution is 2.10. The van der Waals surface area contributed by atoms with Crippen LogP contribution in [0.5, 0.6) is 0 Å². The first kappa shape index (κ1) is 14.8. The lowest BCUT2D eigenvalue weighted by Gasteiger charge is -2.38. The van der Waals surface area contributed by atoms with Crippen molar-refractivity contribution in [3.05, 3.63) is 0 Å². The number of carbonyl (C=O) groups is 1. The molecule has 1 aliphatic heterocycles. The van der Waals surface area contributed by atoms with E-state index in [1.165, 1.54) is 0 Å². The van der Waals surface area contributed by atoms with Crippen molar-refractivity contribution in [1.82, 2.24) is 14.7 Å². The molecule has 1 heterocycles. The highest BCUT2D eigenvalue weighted by molar-refractivity contribution is 5.74. The molecule has 18 heavy (non-hydrogen) atoms. The Balaban J connectivity index is 2.49. The first-order chi connectivity index (χ1) is 8.67. The van der Waals surface area contributed by atoms with E-state index >= 15 is 0 Å². The number of nitrogens with zero attached hydrogens (tertiary/aromatic N) is 4. The molecule has 1 atom stereocenters. The largest absolute Gasteiger partial charge is 0.325 e. The topological polar surface area (TPSA) is 50.6 Å². The Hall–Kier alpha value is -1.28. The fraction of sp³-hybridized carbons (Fsp3) is 0.846. The molecule has 0 aromatic heterocycles. The standard InChI is InChI=1S/C13H24N4O/c1-4-12(11-14)16-7-9-17(10-8-16)13(18)15(5-2)6-3/h12H,4-10H2,1-3H3. The van der Waals surface area contributed by atoms with E-state index in [1.807, 2.05) is 30.6 Å². The zero-order chi connectivity index (χ0) is 13.5. The molecule has 2 amide bonds. The van der Waals surface area contributed by atoms with Crippen molar-refractivity contribution in [1.29, 1.82) is 5.26 Å². The number of hydrogen-bond donors (Lipinski definition) is 0. The predicted octanol–water partition coefficient (Wildman–Crippen LogP) is 1.37. The van der Waals surface area contributed by atoms with Gasteiger partial charge in [-0.15, -0.1) is 0 Å². The zero-order valence-corrected chi connectivity index (χ0v) is 11.7. The molecular weight excluding hydrogens is 228 g/mol. The van der Waals surface area contributed by atoms with E-state index < -0.39 is 0 Å². The lowest BCUT2D eigenvalue weighted by Crippen LogP contribution is -2.54. The maximum Gasteiger partial charge on any atom is 0.320 e. The first-order valence-corrected chi connectivity index (χ1v) is 6.85. The number of piperazine rings is 1. The summed E-state index contributed by atoms with van der Waals surface area (Å²) in [7, 11) is 0. The van der Waals surface area contributed by atoms with Crippen LogP contribution in [0.1, 0.15) is 27.2 Å². The van der Waals surface area contributed by atoms with Gasteiger partial charge in [-0.25, -0.2) is 4.79 Å². The summed E-state index contributed by atoms with van der Waals surface area (Å²) in [5.41, 5.74) is 0. The minimum absolute atomic E-state index is 0.00398. The molecule has 0 N–H and O–H groups in total. The van der Waals surface area contributed by atoms with Crippen molar-refractivity contribution < 1.29 is 4.79 Å². The van der Waals surface area contributed by atoms with Crippen molar-refractivity contribution in [3.63, 3.8) is 0 Å². The van der Waals surface area contributed by atoms with Crippen molar-refractivity contribution in [2.24, 2.45) is 0 Å². The van der Waals surface area contributed by atoms with E-state index in [0.29, 0.717) is 0 Å². The van der Waals surface area contributed by atoms with Gasteiger partial charge < -0.3 is 9.80 Å². The molecule has 5 nitrogen and oxygen atoms in total. The maximum absolute atomic E-state index is 12.1. The second kappa shape index (κ2) is 7.22. The highest BCUT2D eigenvalue weighted by atomic mass is 16.2. The molecule has 0 bridgehead atoms. The van der Waals surface area contributed by atoms with Gasteiger partial charge in [0.1, 0.15) is 0 Å². The van der Waals surface area contributed by atoms with Crippen molar-refractivity contribution >= 4 is 6.03 Å². The van der Waals surface area contributed by atoms with Crippen LogP contribution in [-0.2, 0) is 0 Å². The fourth-order valence-corrected chi connectivity index (χ4v) is 2.35. The summed E-state index contributed by atoms with van der Waals surface area (Å²) >= 11 is 0. The van der Waals surface area contributed by atoms with Gasteiger partial charge in [-0.2, -0.15) is 5.26 Å². The van der Waals surface area contributed by atoms with Crippen LogP contribution < -0.4 is 0 Å². The quantitative estimate of drug-likeness (QED) is 0.759. The molecule has 0 saturated carbocycles. The van der Waals surface area contributed by atoms with Crippen LogP contribution in [0.3, 0.4) is 0 Å². The van der Waals surface area contributed by atoms with Gasteiger partial charge in [0, 0.05) is 39.3 Å². The number of hydrogen-bond acceptors (Lipinski definition) is 3. The van der Waals surface area contributed by atoms with Crippen molar-refractivity contribution in [2.75, 3.05) is 39.3 Å². The summed E-state index contributed by atoms with van der Waals surface area (Å²) in [5.74, 6) is 0. The number of carbonyl (C=O) groups excluding carboxylic acids is 1. The third-order valence-corrected chi connectivity index (χ3v) is 3.60. The number of rotatable bonds is 4. The minimum atomic E-state index is -0.00398. The molecule has 1 aliphatic rings. The molecule has 1 fully saturated rings. The molecule has 0 radical (unpaired) electrons. The van der Waals surface area contributed by atoms with Crippen LogP contribution in [0.25, 0.3) is 0 Å². The van der Waals surface area contributed by atoms with Gasteiger partial charge in [-0.1, -0.05) is 6.92 Å². The molecule has 0 spiro atoms. The fourth-order valence-electron chi connectivity index (χ4n) is 2.35. The lowest BCUT2D eigenvalue weighted by atomic mass is 10.2. The summed E-state index contributed by atoms with van der Waals surface area (Å²) in [6.45, 7) is 10.6. The molecular formula is C13H24N4O. The third kappa shape index (κ3) is 3.36. The number of nitriles is 1. The second-order valence-corrected chi connectivity index (χ2v) is 4.53. The molecule has 5 heteroatoms. The van der Waals surface area contributed by atoms with Gasteiger partial charge in [-0.3, -0.25) is 4.90 Å². The monoisotopic (exact) mass is 252 g/mol. The van der Waals surface area contributed by atoms with E-state index in [2.05, 4.69) is 11.0 Å². The molecule has 0 aromatic carbocycles. The maximum atomic E-state index is 12.1. The summed E-state index contributed by atoms with van der Waals surface area (Å²) < 4.78 is 0. The molecule has 1 saturated heterocycles. The van der Waals surface area contributed by atoms with Crippen LogP contribution in [0, 0.1) is 11.3 Å². The summed E-state index contributed by atoms with van der Waals surface area (Å²) in [6, 6.07) is 2.45. The summed E-state index contributed by atoms with van der Waals surface area (Å²) in [5, 5.41) is 9.04. The van der Waals surface area contributed by atoms with Crippen LogP contribution in [0.15, 0.2) is 0 Å². The molecule has 102 valence electrons. The van der Waals surface area contributed by atoms with E-state index in [1.54, 1.807) is 0 Å². The number of urea groups is 1. The Morgan fingerprint density at radius 2 is 1.78 bits per heavy atom. The van der Waals surface area contributed by atoms with Gasteiger partial charge in [0.15, 0.2) is 0 Å². The Labute approximate surface area is 110 Å². The second-order valence-electron chi connectivity index (χ2n) is 4.53. The average molecular weight is 252 g/mol. The lowest BCUT2D eigenvalue weighted by molar-refractivity contribution is 0.103. The summed E-state index contributed by atoms with van der Waals surface area (Å²) in [4.78, 5) is 18.1. The van der Waals surface area contributed by atoms with Gasteiger partial charge >= 0.3 is 6.03 Å². The van der Waals surface area contributed by atoms with Gasteiger partial charge in [0.25, 0.3) is 0 Å². The smallest absolute Gasteiger partial charge is 0.320 e. The number of amides is 2.